The summed E-state index contributed by atoms with van der Waals surface area (Å²) in [6.07, 6.45) is 3.83. The van der Waals surface area contributed by atoms with Gasteiger partial charge in [0.1, 0.15) is 0 Å². The molecule has 0 atom stereocenters. The maximum absolute atomic E-state index is 11.7. The Bertz CT molecular complexity index is 353. The molecule has 2 nitrogen and oxygen atoms in total. The van der Waals surface area contributed by atoms with E-state index >= 15 is 0 Å². The first-order valence-corrected chi connectivity index (χ1v) is 5.06. The lowest BCUT2D eigenvalue weighted by atomic mass is 10.1. The molecule has 0 heterocycles. The summed E-state index contributed by atoms with van der Waals surface area (Å²) in [4.78, 5) is 11.7. The number of ketones is 1. The average Bonchev–Trinajstić information content (AvgIpc) is 2.24. The minimum atomic E-state index is 0.128. The Morgan fingerprint density at radius 2 is 2.27 bits per heavy atom. The summed E-state index contributed by atoms with van der Waals surface area (Å²) in [7, 11) is 0. The molecular weight excluding hydrogens is 188 g/mol. The molecule has 80 valence electrons. The van der Waals surface area contributed by atoms with Gasteiger partial charge in [-0.05, 0) is 19.9 Å². The van der Waals surface area contributed by atoms with Gasteiger partial charge in [-0.15, -0.1) is 0 Å². The highest BCUT2D eigenvalue weighted by atomic mass is 16.5. The zero-order valence-electron chi connectivity index (χ0n) is 9.19. The molecular formula is C13H16O2. The number of ether oxygens (including phenoxy) is 1. The molecule has 0 bridgehead atoms. The molecule has 0 radical (unpaired) electrons. The van der Waals surface area contributed by atoms with E-state index in [0.717, 1.165) is 11.1 Å². The predicted molar refractivity (Wildman–Crippen MR) is 60.9 cm³/mol. The van der Waals surface area contributed by atoms with E-state index in [1.165, 1.54) is 0 Å². The second-order valence-corrected chi connectivity index (χ2v) is 3.38. The molecule has 0 saturated carbocycles. The van der Waals surface area contributed by atoms with Crippen molar-refractivity contribution in [3.05, 3.63) is 47.7 Å². The fourth-order valence-electron chi connectivity index (χ4n) is 1.28. The van der Waals surface area contributed by atoms with Crippen molar-refractivity contribution in [2.45, 2.75) is 20.3 Å². The smallest absolute Gasteiger partial charge is 0.166 e. The van der Waals surface area contributed by atoms with Gasteiger partial charge in [0.05, 0.1) is 12.9 Å². The third-order valence-electron chi connectivity index (χ3n) is 2.02. The molecule has 0 amide bonds. The van der Waals surface area contributed by atoms with Crippen LogP contribution < -0.4 is 0 Å². The molecule has 0 N–H and O–H groups in total. The summed E-state index contributed by atoms with van der Waals surface area (Å²) in [5.41, 5.74) is 1.87. The molecule has 0 aliphatic heterocycles. The van der Waals surface area contributed by atoms with Crippen molar-refractivity contribution in [1.82, 2.24) is 0 Å². The molecule has 0 aliphatic carbocycles. The first-order valence-electron chi connectivity index (χ1n) is 5.06. The third-order valence-corrected chi connectivity index (χ3v) is 2.02. The fraction of sp³-hybridized carbons (Fsp3) is 0.308. The second kappa shape index (κ2) is 6.02. The summed E-state index contributed by atoms with van der Waals surface area (Å²) in [5, 5.41) is 0. The largest absolute Gasteiger partial charge is 0.501 e. The van der Waals surface area contributed by atoms with Crippen LogP contribution >= 0.6 is 0 Å². The minimum absolute atomic E-state index is 0.128. The van der Waals surface area contributed by atoms with E-state index in [9.17, 15) is 4.79 Å². The Morgan fingerprint density at radius 1 is 1.47 bits per heavy atom. The van der Waals surface area contributed by atoms with E-state index in [-0.39, 0.29) is 5.78 Å². The topological polar surface area (TPSA) is 26.3 Å². The number of hydrogen-bond donors (Lipinski definition) is 0. The van der Waals surface area contributed by atoms with Crippen molar-refractivity contribution < 1.29 is 9.53 Å². The van der Waals surface area contributed by atoms with Gasteiger partial charge in [0.15, 0.2) is 5.78 Å². The van der Waals surface area contributed by atoms with Crippen LogP contribution in [-0.2, 0) is 4.74 Å². The standard InChI is InChI=1S/C13H16O2/c1-3-8-15-9-7-13(14)12-6-4-5-11(2)10-12/h3-6,8,10H,7,9H2,1-2H3. The molecule has 2 heteroatoms. The van der Waals surface area contributed by atoms with E-state index in [1.807, 2.05) is 38.1 Å². The first-order chi connectivity index (χ1) is 7.24. The average molecular weight is 204 g/mol. The van der Waals surface area contributed by atoms with Crippen molar-refractivity contribution in [1.29, 1.82) is 0 Å². The van der Waals surface area contributed by atoms with Crippen LogP contribution in [0, 0.1) is 6.92 Å². The maximum Gasteiger partial charge on any atom is 0.166 e. The Labute approximate surface area is 90.6 Å². The van der Waals surface area contributed by atoms with E-state index < -0.39 is 0 Å². The van der Waals surface area contributed by atoms with Gasteiger partial charge in [-0.2, -0.15) is 0 Å². The molecule has 0 unspecified atom stereocenters. The molecule has 0 fully saturated rings. The lowest BCUT2D eigenvalue weighted by molar-refractivity contribution is 0.0949. The molecule has 0 aromatic heterocycles. The Balaban J connectivity index is 2.47. The summed E-state index contributed by atoms with van der Waals surface area (Å²) in [5.74, 6) is 0.128. The SMILES string of the molecule is CC=COCCC(=O)c1cccc(C)c1. The second-order valence-electron chi connectivity index (χ2n) is 3.38. The van der Waals surface area contributed by atoms with Crippen LogP contribution in [0.4, 0.5) is 0 Å². The molecule has 1 rings (SSSR count). The zero-order chi connectivity index (χ0) is 11.1. The number of aryl methyl sites for hydroxylation is 1. The molecule has 15 heavy (non-hydrogen) atoms. The molecule has 1 aromatic carbocycles. The Hall–Kier alpha value is -1.57. The van der Waals surface area contributed by atoms with Crippen molar-refractivity contribution in [2.75, 3.05) is 6.61 Å². The van der Waals surface area contributed by atoms with Crippen LogP contribution in [-0.4, -0.2) is 12.4 Å². The van der Waals surface area contributed by atoms with Gasteiger partial charge >= 0.3 is 0 Å². The van der Waals surface area contributed by atoms with Crippen LogP contribution in [0.3, 0.4) is 0 Å². The summed E-state index contributed by atoms with van der Waals surface area (Å²) in [6.45, 7) is 4.30. The van der Waals surface area contributed by atoms with E-state index in [0.29, 0.717) is 13.0 Å². The van der Waals surface area contributed by atoms with Crippen molar-refractivity contribution in [2.24, 2.45) is 0 Å². The normalized spacial score (nSPS) is 10.5. The molecule has 0 aliphatic rings. The molecule has 0 saturated heterocycles. The Morgan fingerprint density at radius 3 is 2.93 bits per heavy atom. The number of carbonyl (C=O) groups is 1. The Kier molecular flexibility index (Phi) is 4.61. The predicted octanol–water partition coefficient (Wildman–Crippen LogP) is 3.12. The summed E-state index contributed by atoms with van der Waals surface area (Å²) in [6, 6.07) is 7.62. The van der Waals surface area contributed by atoms with Crippen LogP contribution in [0.5, 0.6) is 0 Å². The van der Waals surface area contributed by atoms with Gasteiger partial charge < -0.3 is 4.74 Å². The molecule has 0 spiro atoms. The van der Waals surface area contributed by atoms with Gasteiger partial charge in [-0.25, -0.2) is 0 Å². The van der Waals surface area contributed by atoms with Gasteiger partial charge in [0.2, 0.25) is 0 Å². The highest BCUT2D eigenvalue weighted by Gasteiger charge is 2.04. The van der Waals surface area contributed by atoms with Crippen LogP contribution in [0.25, 0.3) is 0 Å². The first kappa shape index (κ1) is 11.5. The minimum Gasteiger partial charge on any atom is -0.501 e. The quantitative estimate of drug-likeness (QED) is 0.418. The number of carbonyl (C=O) groups excluding carboxylic acids is 1. The van der Waals surface area contributed by atoms with E-state index in [4.69, 9.17) is 4.74 Å². The van der Waals surface area contributed by atoms with Crippen LogP contribution in [0.1, 0.15) is 29.3 Å². The molecule has 1 aromatic rings. The van der Waals surface area contributed by atoms with Gasteiger partial charge in [0.25, 0.3) is 0 Å². The third kappa shape index (κ3) is 3.98. The fourth-order valence-corrected chi connectivity index (χ4v) is 1.28. The monoisotopic (exact) mass is 204 g/mol. The van der Waals surface area contributed by atoms with Crippen LogP contribution in [0.15, 0.2) is 36.6 Å². The van der Waals surface area contributed by atoms with E-state index in [1.54, 1.807) is 12.3 Å². The number of rotatable bonds is 5. The lowest BCUT2D eigenvalue weighted by Crippen LogP contribution is -2.03. The van der Waals surface area contributed by atoms with Gasteiger partial charge in [0, 0.05) is 12.0 Å². The number of Topliss-reactive ketones (excluding diaryl/α,β-unsaturated/α-hetero) is 1. The highest BCUT2D eigenvalue weighted by Crippen LogP contribution is 2.06. The van der Waals surface area contributed by atoms with Gasteiger partial charge in [-0.3, -0.25) is 4.79 Å². The van der Waals surface area contributed by atoms with Gasteiger partial charge in [-0.1, -0.05) is 29.8 Å². The zero-order valence-corrected chi connectivity index (χ0v) is 9.19. The lowest BCUT2D eigenvalue weighted by Gasteiger charge is -2.02. The number of allylic oxidation sites excluding steroid dienone is 1. The number of hydrogen-bond acceptors (Lipinski definition) is 2. The summed E-state index contributed by atoms with van der Waals surface area (Å²) < 4.78 is 5.10. The maximum atomic E-state index is 11.7. The van der Waals surface area contributed by atoms with Crippen molar-refractivity contribution >= 4 is 5.78 Å². The highest BCUT2D eigenvalue weighted by molar-refractivity contribution is 5.96. The van der Waals surface area contributed by atoms with E-state index in [2.05, 4.69) is 0 Å². The number of benzene rings is 1. The van der Waals surface area contributed by atoms with Crippen molar-refractivity contribution in [3.63, 3.8) is 0 Å². The summed E-state index contributed by atoms with van der Waals surface area (Å²) >= 11 is 0. The van der Waals surface area contributed by atoms with Crippen LogP contribution in [0.2, 0.25) is 0 Å². The van der Waals surface area contributed by atoms with Crippen molar-refractivity contribution in [3.8, 4) is 0 Å².